The van der Waals surface area contributed by atoms with Crippen LogP contribution in [0.1, 0.15) is 65.3 Å². The van der Waals surface area contributed by atoms with Crippen LogP contribution in [0.5, 0.6) is 0 Å². The Hall–Kier alpha value is -2.37. The molecule has 5 nitrogen and oxygen atoms in total. The van der Waals surface area contributed by atoms with E-state index in [1.807, 2.05) is 55.5 Å². The lowest BCUT2D eigenvalue weighted by Gasteiger charge is -2.48. The summed E-state index contributed by atoms with van der Waals surface area (Å²) >= 11 is 6.46. The lowest BCUT2D eigenvalue weighted by Crippen LogP contribution is -2.57. The van der Waals surface area contributed by atoms with Crippen molar-refractivity contribution in [3.63, 3.8) is 0 Å². The summed E-state index contributed by atoms with van der Waals surface area (Å²) in [6.45, 7) is 3.65. The van der Waals surface area contributed by atoms with Gasteiger partial charge < -0.3 is 10.2 Å². The lowest BCUT2D eigenvalue weighted by molar-refractivity contribution is -0.145. The van der Waals surface area contributed by atoms with E-state index >= 15 is 0 Å². The second-order valence-electron chi connectivity index (χ2n) is 8.96. The molecule has 6 heteroatoms. The molecule has 2 fully saturated rings. The van der Waals surface area contributed by atoms with E-state index in [1.54, 1.807) is 0 Å². The number of carbonyl (C=O) groups excluding carboxylic acids is 2. The zero-order chi connectivity index (χ0) is 21.5. The number of nitrogens with zero attached hydrogens (tertiary/aromatic N) is 2. The molecule has 0 bridgehead atoms. The predicted octanol–water partition coefficient (Wildman–Crippen LogP) is 4.24. The first-order valence-electron chi connectivity index (χ1n) is 11.3. The summed E-state index contributed by atoms with van der Waals surface area (Å²) in [5, 5.41) is 3.56. The number of fused-ring (bicyclic) bond motifs is 4. The van der Waals surface area contributed by atoms with Crippen LogP contribution in [0, 0.1) is 5.92 Å². The molecule has 4 atom stereocenters. The van der Waals surface area contributed by atoms with Gasteiger partial charge in [-0.1, -0.05) is 36.4 Å². The van der Waals surface area contributed by atoms with Crippen LogP contribution in [0.15, 0.2) is 48.5 Å². The molecule has 1 N–H and O–H groups in total. The average Bonchev–Trinajstić information content (AvgIpc) is 2.83. The largest absolute Gasteiger partial charge is 0.335 e. The summed E-state index contributed by atoms with van der Waals surface area (Å²) < 4.78 is 1.28. The first-order chi connectivity index (χ1) is 15.0. The molecule has 2 aromatic carbocycles. The van der Waals surface area contributed by atoms with Crippen molar-refractivity contribution in [1.29, 1.82) is 0 Å². The van der Waals surface area contributed by atoms with Gasteiger partial charge >= 0.3 is 0 Å². The molecule has 0 spiro atoms. The minimum absolute atomic E-state index is 0.0996. The number of rotatable bonds is 3. The molecule has 5 rings (SSSR count). The van der Waals surface area contributed by atoms with Crippen LogP contribution < -0.4 is 5.32 Å². The second kappa shape index (κ2) is 8.29. The Labute approximate surface area is 188 Å². The highest BCUT2D eigenvalue weighted by Crippen LogP contribution is 2.41. The summed E-state index contributed by atoms with van der Waals surface area (Å²) in [4.78, 5) is 28.2. The standard InChI is InChI=1S/C25H28ClN3O2/c1-16(17-6-3-2-4-7-17)29(26)24(30)19-9-10-20-18(14-19)11-13-28-23(20)15-22-21(25(28)31)8-5-12-27-22/h2-4,6-7,9-10,14,16,21-23,27H,5,8,11-13,15H2,1H3/t16-,21-,22-,23-/m1/s1. The predicted molar refractivity (Wildman–Crippen MR) is 121 cm³/mol. The van der Waals surface area contributed by atoms with Gasteiger partial charge in [-0.15, -0.1) is 0 Å². The van der Waals surface area contributed by atoms with Gasteiger partial charge in [0.25, 0.3) is 5.91 Å². The Morgan fingerprint density at radius 2 is 2.03 bits per heavy atom. The summed E-state index contributed by atoms with van der Waals surface area (Å²) in [6, 6.07) is 15.8. The molecular weight excluding hydrogens is 410 g/mol. The van der Waals surface area contributed by atoms with E-state index < -0.39 is 0 Å². The molecule has 3 aliphatic heterocycles. The van der Waals surface area contributed by atoms with Gasteiger partial charge in [0.1, 0.15) is 0 Å². The minimum Gasteiger partial charge on any atom is -0.335 e. The van der Waals surface area contributed by atoms with Crippen molar-refractivity contribution in [1.82, 2.24) is 14.6 Å². The third kappa shape index (κ3) is 3.64. The van der Waals surface area contributed by atoms with E-state index in [9.17, 15) is 9.59 Å². The number of hydrogen-bond donors (Lipinski definition) is 1. The summed E-state index contributed by atoms with van der Waals surface area (Å²) in [7, 11) is 0. The first-order valence-corrected chi connectivity index (χ1v) is 11.6. The maximum absolute atomic E-state index is 13.1. The Morgan fingerprint density at radius 1 is 1.23 bits per heavy atom. The summed E-state index contributed by atoms with van der Waals surface area (Å²) in [5.74, 6) is 0.219. The van der Waals surface area contributed by atoms with E-state index in [1.165, 1.54) is 9.98 Å². The molecule has 31 heavy (non-hydrogen) atoms. The quantitative estimate of drug-likeness (QED) is 0.730. The van der Waals surface area contributed by atoms with Gasteiger partial charge in [-0.25, -0.2) is 4.42 Å². The Bertz CT molecular complexity index is 996. The number of benzene rings is 2. The average molecular weight is 438 g/mol. The molecule has 3 heterocycles. The van der Waals surface area contributed by atoms with Crippen LogP contribution in [0.3, 0.4) is 0 Å². The van der Waals surface area contributed by atoms with Crippen molar-refractivity contribution < 1.29 is 9.59 Å². The van der Waals surface area contributed by atoms with Gasteiger partial charge in [-0.3, -0.25) is 9.59 Å². The number of carbonyl (C=O) groups is 2. The normalized spacial score (nSPS) is 25.8. The number of hydrogen-bond acceptors (Lipinski definition) is 3. The van der Waals surface area contributed by atoms with Crippen molar-refractivity contribution in [2.24, 2.45) is 5.92 Å². The van der Waals surface area contributed by atoms with Gasteiger partial charge in [-0.05, 0) is 68.0 Å². The van der Waals surface area contributed by atoms with Crippen LogP contribution >= 0.6 is 11.8 Å². The fourth-order valence-electron chi connectivity index (χ4n) is 5.47. The Kier molecular flexibility index (Phi) is 5.49. The Morgan fingerprint density at radius 3 is 2.84 bits per heavy atom. The molecule has 0 aliphatic carbocycles. The van der Waals surface area contributed by atoms with Crippen molar-refractivity contribution in [2.45, 2.75) is 50.7 Å². The fourth-order valence-corrected chi connectivity index (χ4v) is 5.68. The number of amides is 2. The van der Waals surface area contributed by atoms with E-state index in [0.29, 0.717) is 11.5 Å². The molecule has 0 aromatic heterocycles. The van der Waals surface area contributed by atoms with E-state index in [-0.39, 0.29) is 30.0 Å². The summed E-state index contributed by atoms with van der Waals surface area (Å²) in [5.41, 5.74) is 3.93. The van der Waals surface area contributed by atoms with Crippen LogP contribution in [-0.4, -0.2) is 40.3 Å². The molecule has 2 amide bonds. The zero-order valence-electron chi connectivity index (χ0n) is 17.8. The van der Waals surface area contributed by atoms with Crippen molar-refractivity contribution in [2.75, 3.05) is 13.1 Å². The third-order valence-electron chi connectivity index (χ3n) is 7.22. The summed E-state index contributed by atoms with van der Waals surface area (Å²) in [6.07, 6.45) is 3.79. The SMILES string of the molecule is C[C@H](c1ccccc1)N(Cl)C(=O)c1ccc2c(c1)CCN1C(=O)[C@@H]3CCCN[C@@H]3C[C@H]21. The smallest absolute Gasteiger partial charge is 0.268 e. The zero-order valence-corrected chi connectivity index (χ0v) is 18.5. The highest BCUT2D eigenvalue weighted by Gasteiger charge is 2.45. The lowest BCUT2D eigenvalue weighted by atomic mass is 9.77. The fraction of sp³-hybridized carbons (Fsp3) is 0.440. The molecule has 2 aromatic rings. The van der Waals surface area contributed by atoms with Gasteiger partial charge in [0.2, 0.25) is 5.91 Å². The highest BCUT2D eigenvalue weighted by molar-refractivity contribution is 6.24. The van der Waals surface area contributed by atoms with Crippen molar-refractivity contribution in [3.8, 4) is 0 Å². The van der Waals surface area contributed by atoms with E-state index in [4.69, 9.17) is 11.8 Å². The topological polar surface area (TPSA) is 52.7 Å². The van der Waals surface area contributed by atoms with Crippen molar-refractivity contribution >= 4 is 23.6 Å². The molecule has 0 saturated carbocycles. The molecule has 162 valence electrons. The van der Waals surface area contributed by atoms with Gasteiger partial charge in [0.05, 0.1) is 18.0 Å². The Balaban J connectivity index is 1.38. The van der Waals surface area contributed by atoms with Crippen LogP contribution in [0.4, 0.5) is 0 Å². The molecule has 0 unspecified atom stereocenters. The monoisotopic (exact) mass is 437 g/mol. The van der Waals surface area contributed by atoms with Crippen LogP contribution in [0.25, 0.3) is 0 Å². The molecule has 2 saturated heterocycles. The highest BCUT2D eigenvalue weighted by atomic mass is 35.5. The maximum Gasteiger partial charge on any atom is 0.268 e. The third-order valence-corrected chi connectivity index (χ3v) is 7.67. The number of halogens is 1. The number of piperidine rings is 2. The van der Waals surface area contributed by atoms with Gasteiger partial charge in [0, 0.05) is 29.9 Å². The number of nitrogens with one attached hydrogen (secondary N) is 1. The van der Waals surface area contributed by atoms with E-state index in [0.717, 1.165) is 49.9 Å². The van der Waals surface area contributed by atoms with Gasteiger partial charge in [-0.2, -0.15) is 0 Å². The minimum atomic E-state index is -0.229. The molecule has 3 aliphatic rings. The van der Waals surface area contributed by atoms with Crippen LogP contribution in [0.2, 0.25) is 0 Å². The molecule has 0 radical (unpaired) electrons. The van der Waals surface area contributed by atoms with E-state index in [2.05, 4.69) is 10.2 Å². The molecular formula is C25H28ClN3O2. The van der Waals surface area contributed by atoms with Crippen molar-refractivity contribution in [3.05, 3.63) is 70.8 Å². The maximum atomic E-state index is 13.1. The second-order valence-corrected chi connectivity index (χ2v) is 9.32. The van der Waals surface area contributed by atoms with Gasteiger partial charge in [0.15, 0.2) is 0 Å². The van der Waals surface area contributed by atoms with Crippen LogP contribution in [-0.2, 0) is 11.2 Å². The first kappa shape index (κ1) is 20.5.